The molecule has 0 fully saturated rings. The van der Waals surface area contributed by atoms with Gasteiger partial charge in [0.2, 0.25) is 11.8 Å². The van der Waals surface area contributed by atoms with Crippen LogP contribution in [-0.2, 0) is 22.4 Å². The summed E-state index contributed by atoms with van der Waals surface area (Å²) in [7, 11) is 1.61. The Hall–Kier alpha value is -2.82. The van der Waals surface area contributed by atoms with Gasteiger partial charge >= 0.3 is 0 Å². The third-order valence-corrected chi connectivity index (χ3v) is 4.72. The first kappa shape index (κ1) is 21.5. The van der Waals surface area contributed by atoms with Crippen LogP contribution in [0, 0.1) is 0 Å². The summed E-state index contributed by atoms with van der Waals surface area (Å²) in [4.78, 5) is 27.2. The Kier molecular flexibility index (Phi) is 8.53. The average molecular weight is 383 g/mol. The number of nitrogens with zero attached hydrogens (tertiary/aromatic N) is 1. The summed E-state index contributed by atoms with van der Waals surface area (Å²) in [6, 6.07) is 16.9. The van der Waals surface area contributed by atoms with Gasteiger partial charge in [-0.05, 0) is 43.0 Å². The first-order valence-electron chi connectivity index (χ1n) is 9.79. The highest BCUT2D eigenvalue weighted by Gasteiger charge is 2.25. The van der Waals surface area contributed by atoms with E-state index in [1.807, 2.05) is 61.5 Å². The third-order valence-electron chi connectivity index (χ3n) is 4.72. The SMILES string of the molecule is CCCNC(=O)[C@@H](C)N(CCc1ccccc1)C(=O)Cc1ccc(OC)cc1. The molecule has 0 aliphatic carbocycles. The minimum Gasteiger partial charge on any atom is -0.497 e. The quantitative estimate of drug-likeness (QED) is 0.686. The van der Waals surface area contributed by atoms with E-state index in [1.54, 1.807) is 18.9 Å². The second-order valence-corrected chi connectivity index (χ2v) is 6.81. The summed E-state index contributed by atoms with van der Waals surface area (Å²) in [5.74, 6) is 0.586. The van der Waals surface area contributed by atoms with E-state index in [-0.39, 0.29) is 18.2 Å². The van der Waals surface area contributed by atoms with Gasteiger partial charge in [-0.2, -0.15) is 0 Å². The van der Waals surface area contributed by atoms with Gasteiger partial charge in [0.15, 0.2) is 0 Å². The van der Waals surface area contributed by atoms with E-state index in [1.165, 1.54) is 0 Å². The topological polar surface area (TPSA) is 58.6 Å². The number of carbonyl (C=O) groups excluding carboxylic acids is 2. The molecular weight excluding hydrogens is 352 g/mol. The van der Waals surface area contributed by atoms with Gasteiger partial charge in [-0.3, -0.25) is 9.59 Å². The molecular formula is C23H30N2O3. The summed E-state index contributed by atoms with van der Waals surface area (Å²) in [6.45, 7) is 4.91. The maximum atomic E-state index is 13.0. The van der Waals surface area contributed by atoms with Crippen molar-refractivity contribution >= 4 is 11.8 Å². The Balaban J connectivity index is 2.10. The van der Waals surface area contributed by atoms with Gasteiger partial charge in [-0.25, -0.2) is 0 Å². The molecule has 5 nitrogen and oxygen atoms in total. The molecule has 0 aliphatic heterocycles. The Labute approximate surface area is 167 Å². The van der Waals surface area contributed by atoms with Crippen molar-refractivity contribution < 1.29 is 14.3 Å². The number of benzene rings is 2. The van der Waals surface area contributed by atoms with Crippen molar-refractivity contribution in [3.8, 4) is 5.75 Å². The van der Waals surface area contributed by atoms with E-state index >= 15 is 0 Å². The minimum atomic E-state index is -0.513. The van der Waals surface area contributed by atoms with Gasteiger partial charge in [0.1, 0.15) is 11.8 Å². The van der Waals surface area contributed by atoms with Crippen molar-refractivity contribution in [3.63, 3.8) is 0 Å². The van der Waals surface area contributed by atoms with Gasteiger partial charge in [0, 0.05) is 13.1 Å². The lowest BCUT2D eigenvalue weighted by molar-refractivity contribution is -0.139. The third kappa shape index (κ3) is 6.41. The van der Waals surface area contributed by atoms with Crippen molar-refractivity contribution in [2.24, 2.45) is 0 Å². The van der Waals surface area contributed by atoms with Crippen LogP contribution >= 0.6 is 0 Å². The van der Waals surface area contributed by atoms with Crippen LogP contribution in [0.3, 0.4) is 0 Å². The molecule has 5 heteroatoms. The highest BCUT2D eigenvalue weighted by molar-refractivity contribution is 5.88. The molecule has 0 unspecified atom stereocenters. The summed E-state index contributed by atoms with van der Waals surface area (Å²) >= 11 is 0. The standard InChI is InChI=1S/C23H30N2O3/c1-4-15-24-23(27)18(2)25(16-14-19-8-6-5-7-9-19)22(26)17-20-10-12-21(28-3)13-11-20/h5-13,18H,4,14-17H2,1-3H3,(H,24,27)/t18-/m1/s1. The number of nitrogens with one attached hydrogen (secondary N) is 1. The predicted molar refractivity (Wildman–Crippen MR) is 111 cm³/mol. The Bertz CT molecular complexity index is 744. The number of hydrogen-bond acceptors (Lipinski definition) is 3. The van der Waals surface area contributed by atoms with Gasteiger partial charge in [-0.1, -0.05) is 49.4 Å². The lowest BCUT2D eigenvalue weighted by Crippen LogP contribution is -2.49. The zero-order chi connectivity index (χ0) is 20.4. The molecule has 1 N–H and O–H groups in total. The number of hydrogen-bond donors (Lipinski definition) is 1. The second-order valence-electron chi connectivity index (χ2n) is 6.81. The van der Waals surface area contributed by atoms with E-state index in [2.05, 4.69) is 5.32 Å². The first-order chi connectivity index (χ1) is 13.5. The molecule has 28 heavy (non-hydrogen) atoms. The van der Waals surface area contributed by atoms with Crippen molar-refractivity contribution in [2.45, 2.75) is 39.2 Å². The maximum absolute atomic E-state index is 13.0. The maximum Gasteiger partial charge on any atom is 0.242 e. The minimum absolute atomic E-state index is 0.0553. The molecule has 0 saturated heterocycles. The number of carbonyl (C=O) groups is 2. The first-order valence-corrected chi connectivity index (χ1v) is 9.79. The highest BCUT2D eigenvalue weighted by atomic mass is 16.5. The van der Waals surface area contributed by atoms with Crippen LogP contribution in [0.25, 0.3) is 0 Å². The molecule has 150 valence electrons. The van der Waals surface area contributed by atoms with Gasteiger partial charge in [0.05, 0.1) is 13.5 Å². The summed E-state index contributed by atoms with van der Waals surface area (Å²) in [5.41, 5.74) is 2.04. The number of amides is 2. The molecule has 0 spiro atoms. The number of rotatable bonds is 10. The van der Waals surface area contributed by atoms with Gasteiger partial charge in [-0.15, -0.1) is 0 Å². The fourth-order valence-corrected chi connectivity index (χ4v) is 2.99. The molecule has 0 aliphatic rings. The van der Waals surface area contributed by atoms with E-state index in [4.69, 9.17) is 4.74 Å². The van der Waals surface area contributed by atoms with Crippen LogP contribution in [0.2, 0.25) is 0 Å². The van der Waals surface area contributed by atoms with Crippen LogP contribution in [0.1, 0.15) is 31.4 Å². The molecule has 2 rings (SSSR count). The van der Waals surface area contributed by atoms with Crippen LogP contribution in [0.4, 0.5) is 0 Å². The normalized spacial score (nSPS) is 11.5. The summed E-state index contributed by atoms with van der Waals surface area (Å²) in [6.07, 6.45) is 1.83. The van der Waals surface area contributed by atoms with Gasteiger partial charge < -0.3 is 15.0 Å². The highest BCUT2D eigenvalue weighted by Crippen LogP contribution is 2.14. The molecule has 0 bridgehead atoms. The molecule has 0 radical (unpaired) electrons. The van der Waals surface area contributed by atoms with Crippen molar-refractivity contribution in [3.05, 3.63) is 65.7 Å². The molecule has 0 heterocycles. The van der Waals surface area contributed by atoms with Crippen molar-refractivity contribution in [2.75, 3.05) is 20.2 Å². The average Bonchev–Trinajstić information content (AvgIpc) is 2.73. The van der Waals surface area contributed by atoms with E-state index in [0.29, 0.717) is 19.5 Å². The van der Waals surface area contributed by atoms with Crippen LogP contribution in [0.15, 0.2) is 54.6 Å². The van der Waals surface area contributed by atoms with Crippen LogP contribution < -0.4 is 10.1 Å². The summed E-state index contributed by atoms with van der Waals surface area (Å²) < 4.78 is 5.17. The summed E-state index contributed by atoms with van der Waals surface area (Å²) in [5, 5.41) is 2.90. The van der Waals surface area contributed by atoms with Crippen molar-refractivity contribution in [1.29, 1.82) is 0 Å². The molecule has 2 aromatic rings. The van der Waals surface area contributed by atoms with E-state index < -0.39 is 6.04 Å². The molecule has 2 amide bonds. The fraction of sp³-hybridized carbons (Fsp3) is 0.391. The Morgan fingerprint density at radius 1 is 1.04 bits per heavy atom. The number of ether oxygens (including phenoxy) is 1. The lowest BCUT2D eigenvalue weighted by atomic mass is 10.1. The van der Waals surface area contributed by atoms with Crippen LogP contribution in [0.5, 0.6) is 5.75 Å². The molecule has 1 atom stereocenters. The molecule has 0 saturated carbocycles. The molecule has 0 aromatic heterocycles. The predicted octanol–water partition coefficient (Wildman–Crippen LogP) is 3.22. The number of methoxy groups -OCH3 is 1. The smallest absolute Gasteiger partial charge is 0.242 e. The molecule has 2 aromatic carbocycles. The van der Waals surface area contributed by atoms with E-state index in [9.17, 15) is 9.59 Å². The Morgan fingerprint density at radius 2 is 1.71 bits per heavy atom. The fourth-order valence-electron chi connectivity index (χ4n) is 2.99. The van der Waals surface area contributed by atoms with Crippen molar-refractivity contribution in [1.82, 2.24) is 10.2 Å². The zero-order valence-electron chi connectivity index (χ0n) is 17.0. The van der Waals surface area contributed by atoms with E-state index in [0.717, 1.165) is 23.3 Å². The largest absolute Gasteiger partial charge is 0.497 e. The zero-order valence-corrected chi connectivity index (χ0v) is 17.0. The lowest BCUT2D eigenvalue weighted by Gasteiger charge is -2.29. The van der Waals surface area contributed by atoms with Gasteiger partial charge in [0.25, 0.3) is 0 Å². The monoisotopic (exact) mass is 382 g/mol. The second kappa shape index (κ2) is 11.1. The van der Waals surface area contributed by atoms with Crippen LogP contribution in [-0.4, -0.2) is 43.0 Å². The Morgan fingerprint density at radius 3 is 2.32 bits per heavy atom.